The fourth-order valence-corrected chi connectivity index (χ4v) is 5.66. The summed E-state index contributed by atoms with van der Waals surface area (Å²) in [7, 11) is -3.79. The smallest absolute Gasteiger partial charge is 0.251 e. The Bertz CT molecular complexity index is 2010. The number of aryl methyl sites for hydroxylation is 1. The SMILES string of the molecule is [2H]C1(C)OC([2H])(C)C([2H])([2H])N(c2cc(F)cc(-c3ccc4cnc(CNC(=O)c5ccc(C)c(S(=O)(=O)CCO)c5)cc4n3)n2)C1([2H])[2H]. The molecule has 1 fully saturated rings. The van der Waals surface area contributed by atoms with Gasteiger partial charge >= 0.3 is 0 Å². The number of carbonyl (C=O) groups excluding carboxylic acids is 1. The molecule has 0 bridgehead atoms. The Hall–Kier alpha value is -4.00. The average molecular weight is 600 g/mol. The molecule has 1 aliphatic rings. The number of fused-ring (bicyclic) bond motifs is 1. The third-order valence-corrected chi connectivity index (χ3v) is 8.15. The topological polar surface area (TPSA) is 135 Å². The largest absolute Gasteiger partial charge is 0.395 e. The van der Waals surface area contributed by atoms with Gasteiger partial charge in [-0.1, -0.05) is 6.07 Å². The molecule has 4 heterocycles. The van der Waals surface area contributed by atoms with E-state index in [1.165, 1.54) is 30.5 Å². The van der Waals surface area contributed by atoms with Crippen LogP contribution in [-0.2, 0) is 21.1 Å². The second-order valence-corrected chi connectivity index (χ2v) is 11.7. The Labute approximate surface area is 251 Å². The van der Waals surface area contributed by atoms with Crippen molar-refractivity contribution in [3.63, 3.8) is 0 Å². The van der Waals surface area contributed by atoms with Crippen molar-refractivity contribution in [3.05, 3.63) is 77.4 Å². The summed E-state index contributed by atoms with van der Waals surface area (Å²) in [6.45, 7) is -2.71. The minimum absolute atomic E-state index is 0.0535. The molecule has 1 aromatic carbocycles. The van der Waals surface area contributed by atoms with E-state index in [2.05, 4.69) is 20.3 Å². The molecule has 42 heavy (non-hydrogen) atoms. The number of halogens is 1. The molecule has 10 nitrogen and oxygen atoms in total. The maximum atomic E-state index is 15.0. The van der Waals surface area contributed by atoms with Crippen LogP contribution in [0.15, 0.2) is 59.6 Å². The number of ether oxygens (including phenoxy) is 1. The lowest BCUT2D eigenvalue weighted by atomic mass is 10.1. The lowest BCUT2D eigenvalue weighted by Crippen LogP contribution is -2.45. The van der Waals surface area contributed by atoms with Crippen LogP contribution < -0.4 is 10.2 Å². The van der Waals surface area contributed by atoms with Gasteiger partial charge in [-0.15, -0.1) is 0 Å². The van der Waals surface area contributed by atoms with E-state index >= 15 is 4.39 Å². The van der Waals surface area contributed by atoms with Crippen LogP contribution >= 0.6 is 0 Å². The summed E-state index contributed by atoms with van der Waals surface area (Å²) in [5.74, 6) is -2.45. The molecule has 12 heteroatoms. The van der Waals surface area contributed by atoms with E-state index in [0.717, 1.165) is 26.0 Å². The van der Waals surface area contributed by atoms with Gasteiger partial charge in [-0.25, -0.2) is 22.8 Å². The van der Waals surface area contributed by atoms with Gasteiger partial charge in [-0.2, -0.15) is 0 Å². The number of benzene rings is 1. The number of nitrogens with zero attached hydrogens (tertiary/aromatic N) is 4. The number of hydrogen-bond donors (Lipinski definition) is 2. The van der Waals surface area contributed by atoms with Crippen LogP contribution in [0.5, 0.6) is 0 Å². The second-order valence-electron chi connectivity index (χ2n) is 9.57. The Morgan fingerprint density at radius 1 is 1.14 bits per heavy atom. The summed E-state index contributed by atoms with van der Waals surface area (Å²) in [4.78, 5) is 26.5. The molecule has 1 saturated heterocycles. The summed E-state index contributed by atoms with van der Waals surface area (Å²) >= 11 is 0. The molecule has 0 aliphatic carbocycles. The van der Waals surface area contributed by atoms with Crippen LogP contribution in [-0.4, -0.2) is 71.9 Å². The van der Waals surface area contributed by atoms with Gasteiger partial charge in [0, 0.05) is 42.3 Å². The van der Waals surface area contributed by atoms with Gasteiger partial charge in [-0.3, -0.25) is 9.78 Å². The maximum Gasteiger partial charge on any atom is 0.251 e. The van der Waals surface area contributed by atoms with Crippen LogP contribution in [0.4, 0.5) is 10.2 Å². The van der Waals surface area contributed by atoms with Crippen LogP contribution in [0.25, 0.3) is 22.3 Å². The van der Waals surface area contributed by atoms with E-state index in [4.69, 9.17) is 18.1 Å². The van der Waals surface area contributed by atoms with Crippen molar-refractivity contribution in [2.24, 2.45) is 0 Å². The van der Waals surface area contributed by atoms with Crippen molar-refractivity contribution in [2.75, 3.05) is 30.3 Å². The molecule has 2 N–H and O–H groups in total. The first kappa shape index (κ1) is 22.6. The summed E-state index contributed by atoms with van der Waals surface area (Å²) in [5, 5.41) is 12.4. The predicted octanol–water partition coefficient (Wildman–Crippen LogP) is 3.45. The standard InChI is InChI=1S/C30H32FN5O5S/c1-18-4-5-21(10-28(18)42(39,40)9-8-37)30(38)33-15-24-13-26-22(14-32-24)6-7-25(34-26)27-11-23(31)12-29(35-27)36-16-19(2)41-20(3)17-36/h4-7,10-14,19-20,37H,8-9,15-17H2,1-3H3,(H,33,38)/i16D2,17D2,19D,20D. The average Bonchev–Trinajstić information content (AvgIpc) is 2.98. The highest BCUT2D eigenvalue weighted by atomic mass is 32.2. The first-order valence-corrected chi connectivity index (χ1v) is 14.5. The normalized spacial score (nSPS) is 25.4. The number of rotatable bonds is 8. The van der Waals surface area contributed by atoms with Gasteiger partial charge in [0.05, 0.1) is 66.8 Å². The highest BCUT2D eigenvalue weighted by Crippen LogP contribution is 2.26. The molecule has 0 radical (unpaired) electrons. The zero-order chi connectivity index (χ0) is 35.4. The number of carbonyl (C=O) groups is 1. The van der Waals surface area contributed by atoms with Crippen LogP contribution in [0.3, 0.4) is 0 Å². The number of aliphatic hydroxyl groups excluding tert-OH is 1. The fourth-order valence-electron chi connectivity index (χ4n) is 4.34. The molecule has 3 aromatic heterocycles. The van der Waals surface area contributed by atoms with E-state index < -0.39 is 64.9 Å². The van der Waals surface area contributed by atoms with Crippen LogP contribution in [0.2, 0.25) is 0 Å². The maximum absolute atomic E-state index is 15.0. The van der Waals surface area contributed by atoms with E-state index in [0.29, 0.717) is 27.1 Å². The first-order chi connectivity index (χ1) is 22.2. The molecule has 2 unspecified atom stereocenters. The Morgan fingerprint density at radius 2 is 1.90 bits per heavy atom. The zero-order valence-electron chi connectivity index (χ0n) is 29.0. The molecule has 2 atom stereocenters. The van der Waals surface area contributed by atoms with Crippen molar-refractivity contribution >= 4 is 32.5 Å². The molecular formula is C30H32FN5O5S. The molecule has 4 aromatic rings. The number of nitrogens with one attached hydrogen (secondary N) is 1. The van der Waals surface area contributed by atoms with E-state index in [1.807, 2.05) is 0 Å². The lowest BCUT2D eigenvalue weighted by Gasteiger charge is -2.36. The summed E-state index contributed by atoms with van der Waals surface area (Å²) < 4.78 is 96.1. The number of amides is 1. The number of pyridine rings is 3. The molecule has 1 aliphatic heterocycles. The van der Waals surface area contributed by atoms with Gasteiger partial charge in [0.1, 0.15) is 11.6 Å². The number of hydrogen-bond acceptors (Lipinski definition) is 9. The second kappa shape index (κ2) is 12.1. The van der Waals surface area contributed by atoms with Crippen molar-refractivity contribution in [2.45, 2.75) is 44.4 Å². The summed E-state index contributed by atoms with van der Waals surface area (Å²) in [6.07, 6.45) is -3.35. The summed E-state index contributed by atoms with van der Waals surface area (Å²) in [6, 6.07) is 10.8. The molecule has 1 amide bonds. The van der Waals surface area contributed by atoms with Crippen molar-refractivity contribution in [1.29, 1.82) is 0 Å². The van der Waals surface area contributed by atoms with Crippen LogP contribution in [0, 0.1) is 12.7 Å². The third kappa shape index (κ3) is 6.56. The van der Waals surface area contributed by atoms with Crippen molar-refractivity contribution in [1.82, 2.24) is 20.3 Å². The van der Waals surface area contributed by atoms with Crippen molar-refractivity contribution < 1.29 is 35.7 Å². The van der Waals surface area contributed by atoms with Crippen molar-refractivity contribution in [3.8, 4) is 11.4 Å². The molecular weight excluding hydrogens is 561 g/mol. The van der Waals surface area contributed by atoms with E-state index in [1.54, 1.807) is 19.1 Å². The Morgan fingerprint density at radius 3 is 2.64 bits per heavy atom. The van der Waals surface area contributed by atoms with E-state index in [-0.39, 0.29) is 28.4 Å². The van der Waals surface area contributed by atoms with Gasteiger partial charge in [0.15, 0.2) is 9.84 Å². The highest BCUT2D eigenvalue weighted by molar-refractivity contribution is 7.91. The van der Waals surface area contributed by atoms with Gasteiger partial charge in [0.25, 0.3) is 5.91 Å². The molecule has 0 spiro atoms. The zero-order valence-corrected chi connectivity index (χ0v) is 23.8. The third-order valence-electron chi connectivity index (χ3n) is 6.32. The fraction of sp³-hybridized carbons (Fsp3) is 0.333. The lowest BCUT2D eigenvalue weighted by molar-refractivity contribution is -0.00547. The van der Waals surface area contributed by atoms with Gasteiger partial charge in [0.2, 0.25) is 0 Å². The quantitative estimate of drug-likeness (QED) is 0.312. The molecule has 220 valence electrons. The Kier molecular flexibility index (Phi) is 6.50. The van der Waals surface area contributed by atoms with Gasteiger partial charge < -0.3 is 20.1 Å². The number of sulfone groups is 1. The number of morpholine rings is 1. The van der Waals surface area contributed by atoms with Crippen LogP contribution in [0.1, 0.15) is 43.7 Å². The molecule has 0 saturated carbocycles. The number of aliphatic hydroxyl groups is 1. The Balaban J connectivity index is 1.44. The molecule has 5 rings (SSSR count). The minimum atomic E-state index is -3.79. The predicted molar refractivity (Wildman–Crippen MR) is 156 cm³/mol. The number of anilines is 1. The number of aromatic nitrogens is 3. The van der Waals surface area contributed by atoms with E-state index in [9.17, 15) is 13.2 Å². The minimum Gasteiger partial charge on any atom is -0.395 e. The van der Waals surface area contributed by atoms with Gasteiger partial charge in [-0.05, 0) is 56.7 Å². The monoisotopic (exact) mass is 599 g/mol. The highest BCUT2D eigenvalue weighted by Gasteiger charge is 2.24. The summed E-state index contributed by atoms with van der Waals surface area (Å²) in [5.41, 5.74) is 1.34. The first-order valence-electron chi connectivity index (χ1n) is 15.9.